The van der Waals surface area contributed by atoms with Crippen LogP contribution >= 0.6 is 0 Å². The van der Waals surface area contributed by atoms with Crippen molar-refractivity contribution >= 4 is 11.5 Å². The van der Waals surface area contributed by atoms with Crippen LogP contribution in [0.5, 0.6) is 0 Å². The molecule has 0 bridgehead atoms. The van der Waals surface area contributed by atoms with Gasteiger partial charge in [0, 0.05) is 18.8 Å². The van der Waals surface area contributed by atoms with Gasteiger partial charge in [-0.05, 0) is 37.0 Å². The van der Waals surface area contributed by atoms with Crippen LogP contribution in [0.1, 0.15) is 16.7 Å². The van der Waals surface area contributed by atoms with Gasteiger partial charge in [0.2, 0.25) is 0 Å². The third kappa shape index (κ3) is 1.79. The van der Waals surface area contributed by atoms with Crippen LogP contribution in [0.2, 0.25) is 0 Å². The van der Waals surface area contributed by atoms with E-state index >= 15 is 0 Å². The second kappa shape index (κ2) is 4.06. The summed E-state index contributed by atoms with van der Waals surface area (Å²) < 4.78 is 0. The molecule has 0 saturated carbocycles. The number of fused-ring (bicyclic) bond motifs is 1. The minimum Gasteiger partial charge on any atom is -0.370 e. The highest BCUT2D eigenvalue weighted by molar-refractivity contribution is 5.89. The third-order valence-electron chi connectivity index (χ3n) is 3.75. The summed E-state index contributed by atoms with van der Waals surface area (Å²) in [6, 6.07) is 4.47. The minimum absolute atomic E-state index is 0.933. The van der Waals surface area contributed by atoms with E-state index in [0.29, 0.717) is 0 Å². The van der Waals surface area contributed by atoms with Gasteiger partial charge in [0.15, 0.2) is 0 Å². The van der Waals surface area contributed by atoms with E-state index in [1.165, 1.54) is 28.8 Å². The molecule has 3 heteroatoms. The highest BCUT2D eigenvalue weighted by Gasteiger charge is 2.23. The van der Waals surface area contributed by atoms with Crippen molar-refractivity contribution in [3.63, 3.8) is 0 Å². The molecule has 0 aliphatic carbocycles. The van der Waals surface area contributed by atoms with E-state index in [-0.39, 0.29) is 0 Å². The lowest BCUT2D eigenvalue weighted by atomic mass is 10.0. The molecule has 0 spiro atoms. The maximum absolute atomic E-state index is 4.49. The molecule has 0 radical (unpaired) electrons. The van der Waals surface area contributed by atoms with Gasteiger partial charge in [0.05, 0.1) is 13.1 Å². The summed E-state index contributed by atoms with van der Waals surface area (Å²) >= 11 is 0. The molecule has 3 nitrogen and oxygen atoms in total. The van der Waals surface area contributed by atoms with Crippen LogP contribution in [0, 0.1) is 13.8 Å². The fraction of sp³-hybridized carbons (Fsp3) is 0.500. The van der Waals surface area contributed by atoms with Crippen molar-refractivity contribution < 1.29 is 0 Å². The number of aryl methyl sites for hydroxylation is 2. The summed E-state index contributed by atoms with van der Waals surface area (Å²) in [7, 11) is 0. The van der Waals surface area contributed by atoms with Gasteiger partial charge >= 0.3 is 0 Å². The summed E-state index contributed by atoms with van der Waals surface area (Å²) in [6.07, 6.45) is 1.18. The Labute approximate surface area is 103 Å². The molecule has 0 unspecified atom stereocenters. The van der Waals surface area contributed by atoms with Crippen molar-refractivity contribution in [1.82, 2.24) is 5.32 Å². The molecule has 17 heavy (non-hydrogen) atoms. The number of aliphatic imine (C=N–C) groups is 1. The molecule has 0 aromatic heterocycles. The van der Waals surface area contributed by atoms with Crippen molar-refractivity contribution in [2.45, 2.75) is 20.3 Å². The fourth-order valence-electron chi connectivity index (χ4n) is 2.86. The first-order chi connectivity index (χ1) is 8.25. The SMILES string of the molecule is Cc1ccc(C)c2c1CCN2CC1=NCCN1. The molecule has 0 amide bonds. The van der Waals surface area contributed by atoms with Gasteiger partial charge in [0.1, 0.15) is 5.84 Å². The Kier molecular flexibility index (Phi) is 2.54. The number of hydrogen-bond acceptors (Lipinski definition) is 3. The molecule has 2 heterocycles. The summed E-state index contributed by atoms with van der Waals surface area (Å²) in [5.41, 5.74) is 5.79. The molecule has 0 atom stereocenters. The number of anilines is 1. The van der Waals surface area contributed by atoms with E-state index < -0.39 is 0 Å². The van der Waals surface area contributed by atoms with E-state index in [1.54, 1.807) is 0 Å². The lowest BCUT2D eigenvalue weighted by Crippen LogP contribution is -2.34. The first-order valence-electron chi connectivity index (χ1n) is 6.37. The second-order valence-electron chi connectivity index (χ2n) is 4.95. The molecule has 0 saturated heterocycles. The summed E-state index contributed by atoms with van der Waals surface area (Å²) in [5.74, 6) is 1.15. The Hall–Kier alpha value is -1.51. The van der Waals surface area contributed by atoms with Crippen LogP contribution in [0.25, 0.3) is 0 Å². The Bertz CT molecular complexity index is 477. The zero-order valence-electron chi connectivity index (χ0n) is 10.6. The lowest BCUT2D eigenvalue weighted by molar-refractivity contribution is 0.894. The monoisotopic (exact) mass is 229 g/mol. The zero-order valence-corrected chi connectivity index (χ0v) is 10.6. The molecule has 2 aliphatic heterocycles. The van der Waals surface area contributed by atoms with Crippen molar-refractivity contribution in [2.24, 2.45) is 4.99 Å². The highest BCUT2D eigenvalue weighted by Crippen LogP contribution is 2.33. The number of nitrogens with one attached hydrogen (secondary N) is 1. The van der Waals surface area contributed by atoms with E-state index in [0.717, 1.165) is 32.0 Å². The van der Waals surface area contributed by atoms with Crippen LogP contribution in [0.4, 0.5) is 5.69 Å². The molecule has 90 valence electrons. The number of hydrogen-bond donors (Lipinski definition) is 1. The van der Waals surface area contributed by atoms with Gasteiger partial charge in [0.25, 0.3) is 0 Å². The van der Waals surface area contributed by atoms with Crippen LogP contribution in [-0.2, 0) is 6.42 Å². The topological polar surface area (TPSA) is 27.6 Å². The van der Waals surface area contributed by atoms with E-state index in [9.17, 15) is 0 Å². The molecular formula is C14H19N3. The first-order valence-corrected chi connectivity index (χ1v) is 6.37. The van der Waals surface area contributed by atoms with Gasteiger partial charge in [-0.3, -0.25) is 4.99 Å². The number of nitrogens with zero attached hydrogens (tertiary/aromatic N) is 2. The predicted molar refractivity (Wildman–Crippen MR) is 72.1 cm³/mol. The van der Waals surface area contributed by atoms with Gasteiger partial charge in [-0.25, -0.2) is 0 Å². The minimum atomic E-state index is 0.933. The lowest BCUT2D eigenvalue weighted by Gasteiger charge is -2.21. The highest BCUT2D eigenvalue weighted by atomic mass is 15.2. The van der Waals surface area contributed by atoms with Gasteiger partial charge in [-0.2, -0.15) is 0 Å². The maximum atomic E-state index is 4.49. The average Bonchev–Trinajstić information content (AvgIpc) is 2.94. The van der Waals surface area contributed by atoms with Gasteiger partial charge in [-0.15, -0.1) is 0 Å². The summed E-state index contributed by atoms with van der Waals surface area (Å²) in [4.78, 5) is 6.96. The molecule has 1 aromatic carbocycles. The first kappa shape index (κ1) is 10.6. The smallest absolute Gasteiger partial charge is 0.116 e. The number of benzene rings is 1. The Morgan fingerprint density at radius 3 is 2.88 bits per heavy atom. The molecule has 1 aromatic rings. The Balaban J connectivity index is 1.90. The zero-order chi connectivity index (χ0) is 11.8. The normalized spacial score (nSPS) is 18.0. The van der Waals surface area contributed by atoms with Gasteiger partial charge < -0.3 is 10.2 Å². The van der Waals surface area contributed by atoms with E-state index in [2.05, 4.69) is 41.2 Å². The van der Waals surface area contributed by atoms with Gasteiger partial charge in [-0.1, -0.05) is 12.1 Å². The fourth-order valence-corrected chi connectivity index (χ4v) is 2.86. The summed E-state index contributed by atoms with van der Waals surface area (Å²) in [6.45, 7) is 8.43. The number of amidine groups is 1. The van der Waals surface area contributed by atoms with Crippen LogP contribution < -0.4 is 10.2 Å². The molecular weight excluding hydrogens is 210 g/mol. The predicted octanol–water partition coefficient (Wildman–Crippen LogP) is 1.67. The van der Waals surface area contributed by atoms with Crippen molar-refractivity contribution in [1.29, 1.82) is 0 Å². The maximum Gasteiger partial charge on any atom is 0.116 e. The molecule has 0 fully saturated rings. The van der Waals surface area contributed by atoms with Crippen molar-refractivity contribution in [3.05, 3.63) is 28.8 Å². The quantitative estimate of drug-likeness (QED) is 0.835. The standard InChI is InChI=1S/C14H19N3/c1-10-3-4-11(2)14-12(10)5-8-17(14)9-13-15-6-7-16-13/h3-4H,5-9H2,1-2H3,(H,15,16). The third-order valence-corrected chi connectivity index (χ3v) is 3.75. The summed E-state index contributed by atoms with van der Waals surface area (Å²) in [5, 5.41) is 3.36. The Morgan fingerprint density at radius 2 is 2.12 bits per heavy atom. The van der Waals surface area contributed by atoms with Crippen molar-refractivity contribution in [2.75, 3.05) is 31.1 Å². The average molecular weight is 229 g/mol. The van der Waals surface area contributed by atoms with Crippen LogP contribution in [0.3, 0.4) is 0 Å². The van der Waals surface area contributed by atoms with Crippen LogP contribution in [0.15, 0.2) is 17.1 Å². The van der Waals surface area contributed by atoms with E-state index in [1.807, 2.05) is 0 Å². The second-order valence-corrected chi connectivity index (χ2v) is 4.95. The largest absolute Gasteiger partial charge is 0.370 e. The Morgan fingerprint density at radius 1 is 1.29 bits per heavy atom. The molecule has 1 N–H and O–H groups in total. The van der Waals surface area contributed by atoms with E-state index in [4.69, 9.17) is 0 Å². The molecule has 3 rings (SSSR count). The van der Waals surface area contributed by atoms with Crippen LogP contribution in [-0.4, -0.2) is 32.0 Å². The number of rotatable bonds is 2. The van der Waals surface area contributed by atoms with Crippen molar-refractivity contribution in [3.8, 4) is 0 Å². The molecule has 2 aliphatic rings.